The SMILES string of the molecule is Cn1c(SCC(=O)N(Cc2ccco2)CC(F)(F)F)nnc1-c1ccco1. The van der Waals surface area contributed by atoms with Crippen LogP contribution in [0.25, 0.3) is 11.6 Å². The lowest BCUT2D eigenvalue weighted by Crippen LogP contribution is -2.39. The molecule has 144 valence electrons. The number of alkyl halides is 3. The fourth-order valence-corrected chi connectivity index (χ4v) is 3.13. The van der Waals surface area contributed by atoms with Gasteiger partial charge in [0.2, 0.25) is 5.91 Å². The summed E-state index contributed by atoms with van der Waals surface area (Å²) in [6.45, 7) is -1.62. The van der Waals surface area contributed by atoms with Gasteiger partial charge in [0.25, 0.3) is 0 Å². The molecule has 0 spiro atoms. The first-order valence-corrected chi connectivity index (χ1v) is 8.75. The molecule has 3 heterocycles. The Bertz CT molecular complexity index is 876. The molecule has 0 atom stereocenters. The fraction of sp³-hybridized carbons (Fsp3) is 0.312. The molecule has 0 fully saturated rings. The molecular formula is C16H15F3N4O3S. The maximum Gasteiger partial charge on any atom is 0.406 e. The molecule has 0 aliphatic rings. The molecule has 3 aromatic rings. The fourth-order valence-electron chi connectivity index (χ4n) is 2.32. The normalized spacial score (nSPS) is 11.7. The van der Waals surface area contributed by atoms with Crippen molar-refractivity contribution in [1.29, 1.82) is 0 Å². The van der Waals surface area contributed by atoms with Gasteiger partial charge in [0.1, 0.15) is 12.3 Å². The summed E-state index contributed by atoms with van der Waals surface area (Å²) in [5, 5.41) is 8.33. The quantitative estimate of drug-likeness (QED) is 0.566. The Hall–Kier alpha value is -2.69. The molecule has 0 unspecified atom stereocenters. The van der Waals surface area contributed by atoms with E-state index in [1.807, 2.05) is 0 Å². The summed E-state index contributed by atoms with van der Waals surface area (Å²) in [4.78, 5) is 13.1. The van der Waals surface area contributed by atoms with Gasteiger partial charge in [-0.3, -0.25) is 4.79 Å². The van der Waals surface area contributed by atoms with Crippen LogP contribution in [-0.4, -0.2) is 44.0 Å². The molecule has 0 aliphatic heterocycles. The first kappa shape index (κ1) is 19.1. The predicted molar refractivity (Wildman–Crippen MR) is 89.6 cm³/mol. The topological polar surface area (TPSA) is 77.3 Å². The van der Waals surface area contributed by atoms with Crippen molar-refractivity contribution in [1.82, 2.24) is 19.7 Å². The van der Waals surface area contributed by atoms with Crippen LogP contribution < -0.4 is 0 Å². The summed E-state index contributed by atoms with van der Waals surface area (Å²) in [6.07, 6.45) is -1.68. The van der Waals surface area contributed by atoms with Crippen LogP contribution in [0.5, 0.6) is 0 Å². The van der Waals surface area contributed by atoms with E-state index in [4.69, 9.17) is 8.83 Å². The van der Waals surface area contributed by atoms with Gasteiger partial charge in [0.05, 0.1) is 24.8 Å². The lowest BCUT2D eigenvalue weighted by Gasteiger charge is -2.22. The molecule has 11 heteroatoms. The number of carbonyl (C=O) groups is 1. The summed E-state index contributed by atoms with van der Waals surface area (Å²) in [7, 11) is 1.68. The zero-order valence-electron chi connectivity index (χ0n) is 14.1. The predicted octanol–water partition coefficient (Wildman–Crippen LogP) is 3.35. The summed E-state index contributed by atoms with van der Waals surface area (Å²) in [5.74, 6) is 0.325. The number of rotatable bonds is 7. The third kappa shape index (κ3) is 4.94. The van der Waals surface area contributed by atoms with Crippen molar-refractivity contribution in [2.45, 2.75) is 17.9 Å². The van der Waals surface area contributed by atoms with Gasteiger partial charge >= 0.3 is 6.18 Å². The number of furan rings is 2. The second kappa shape index (κ2) is 7.91. The molecule has 7 nitrogen and oxygen atoms in total. The lowest BCUT2D eigenvalue weighted by molar-refractivity contribution is -0.161. The highest BCUT2D eigenvalue weighted by Gasteiger charge is 2.33. The molecular weight excluding hydrogens is 385 g/mol. The molecule has 0 aromatic carbocycles. The highest BCUT2D eigenvalue weighted by atomic mass is 32.2. The Balaban J connectivity index is 1.67. The van der Waals surface area contributed by atoms with Crippen molar-refractivity contribution in [2.24, 2.45) is 7.05 Å². The molecule has 0 saturated heterocycles. The molecule has 0 radical (unpaired) electrons. The third-order valence-electron chi connectivity index (χ3n) is 3.55. The van der Waals surface area contributed by atoms with E-state index in [0.29, 0.717) is 21.6 Å². The van der Waals surface area contributed by atoms with Crippen molar-refractivity contribution in [3.8, 4) is 11.6 Å². The second-order valence-electron chi connectivity index (χ2n) is 5.58. The second-order valence-corrected chi connectivity index (χ2v) is 6.52. The van der Waals surface area contributed by atoms with E-state index >= 15 is 0 Å². The number of aromatic nitrogens is 3. The number of nitrogens with zero attached hydrogens (tertiary/aromatic N) is 4. The number of hydrogen-bond acceptors (Lipinski definition) is 6. The smallest absolute Gasteiger partial charge is 0.406 e. The molecule has 27 heavy (non-hydrogen) atoms. The van der Waals surface area contributed by atoms with Crippen molar-refractivity contribution >= 4 is 17.7 Å². The van der Waals surface area contributed by atoms with Gasteiger partial charge < -0.3 is 18.3 Å². The van der Waals surface area contributed by atoms with Gasteiger partial charge in [-0.05, 0) is 24.3 Å². The van der Waals surface area contributed by atoms with E-state index in [1.54, 1.807) is 29.8 Å². The van der Waals surface area contributed by atoms with Crippen LogP contribution in [0, 0.1) is 0 Å². The maximum atomic E-state index is 12.8. The number of carbonyl (C=O) groups excluding carboxylic acids is 1. The Labute approximate surface area is 156 Å². The largest absolute Gasteiger partial charge is 0.467 e. The third-order valence-corrected chi connectivity index (χ3v) is 4.56. The van der Waals surface area contributed by atoms with Crippen LogP contribution in [0.15, 0.2) is 50.8 Å². The first-order valence-electron chi connectivity index (χ1n) is 7.76. The zero-order valence-corrected chi connectivity index (χ0v) is 15.0. The Morgan fingerprint density at radius 1 is 1.22 bits per heavy atom. The number of thioether (sulfide) groups is 1. The van der Waals surface area contributed by atoms with E-state index in [0.717, 1.165) is 11.8 Å². The molecule has 3 rings (SSSR count). The maximum absolute atomic E-state index is 12.8. The van der Waals surface area contributed by atoms with Crippen LogP contribution in [0.4, 0.5) is 13.2 Å². The summed E-state index contributed by atoms with van der Waals surface area (Å²) >= 11 is 0.999. The molecule has 0 saturated carbocycles. The van der Waals surface area contributed by atoms with Gasteiger partial charge in [-0.25, -0.2) is 0 Å². The minimum atomic E-state index is -4.51. The monoisotopic (exact) mass is 400 g/mol. The van der Waals surface area contributed by atoms with Crippen LogP contribution in [0.3, 0.4) is 0 Å². The molecule has 3 aromatic heterocycles. The highest BCUT2D eigenvalue weighted by molar-refractivity contribution is 7.99. The average Bonchev–Trinajstić information content (AvgIpc) is 3.33. The molecule has 0 bridgehead atoms. The van der Waals surface area contributed by atoms with E-state index < -0.39 is 18.6 Å². The van der Waals surface area contributed by atoms with Crippen molar-refractivity contribution in [2.75, 3.05) is 12.3 Å². The minimum absolute atomic E-state index is 0.221. The summed E-state index contributed by atoms with van der Waals surface area (Å²) in [5.41, 5.74) is 0. The Morgan fingerprint density at radius 3 is 2.59 bits per heavy atom. The zero-order chi connectivity index (χ0) is 19.4. The molecule has 0 N–H and O–H groups in total. The van der Waals surface area contributed by atoms with Crippen LogP contribution in [0.1, 0.15) is 5.76 Å². The van der Waals surface area contributed by atoms with Gasteiger partial charge in [0.15, 0.2) is 16.7 Å². The van der Waals surface area contributed by atoms with E-state index in [1.165, 1.54) is 18.6 Å². The number of amides is 1. The standard InChI is InChI=1S/C16H15F3N4O3S/c1-22-14(12-5-3-7-26-12)20-21-15(22)27-9-13(24)23(10-16(17,18)19)8-11-4-2-6-25-11/h2-7H,8-10H2,1H3. The summed E-state index contributed by atoms with van der Waals surface area (Å²) in [6, 6.07) is 6.47. The van der Waals surface area contributed by atoms with Crippen molar-refractivity contribution in [3.63, 3.8) is 0 Å². The van der Waals surface area contributed by atoms with Crippen LogP contribution in [0.2, 0.25) is 0 Å². The van der Waals surface area contributed by atoms with Gasteiger partial charge in [-0.15, -0.1) is 10.2 Å². The minimum Gasteiger partial charge on any atom is -0.467 e. The van der Waals surface area contributed by atoms with Gasteiger partial charge in [-0.2, -0.15) is 13.2 Å². The van der Waals surface area contributed by atoms with Crippen LogP contribution in [-0.2, 0) is 18.4 Å². The van der Waals surface area contributed by atoms with Crippen molar-refractivity contribution in [3.05, 3.63) is 42.6 Å². The van der Waals surface area contributed by atoms with Crippen molar-refractivity contribution < 1.29 is 26.8 Å². The Morgan fingerprint density at radius 2 is 1.96 bits per heavy atom. The Kier molecular flexibility index (Phi) is 5.59. The van der Waals surface area contributed by atoms with Crippen LogP contribution >= 0.6 is 11.8 Å². The number of hydrogen-bond donors (Lipinski definition) is 0. The van der Waals surface area contributed by atoms with E-state index in [2.05, 4.69) is 10.2 Å². The molecule has 0 aliphatic carbocycles. The lowest BCUT2D eigenvalue weighted by atomic mass is 10.3. The summed E-state index contributed by atoms with van der Waals surface area (Å²) < 4.78 is 50.3. The number of halogens is 3. The highest BCUT2D eigenvalue weighted by Crippen LogP contribution is 2.24. The first-order chi connectivity index (χ1) is 12.8. The van der Waals surface area contributed by atoms with Gasteiger partial charge in [-0.1, -0.05) is 11.8 Å². The van der Waals surface area contributed by atoms with Gasteiger partial charge in [0, 0.05) is 7.05 Å². The average molecular weight is 400 g/mol. The van der Waals surface area contributed by atoms with E-state index in [-0.39, 0.29) is 18.1 Å². The molecule has 1 amide bonds. The van der Waals surface area contributed by atoms with E-state index in [9.17, 15) is 18.0 Å².